The molecule has 39 heavy (non-hydrogen) atoms. The lowest BCUT2D eigenvalue weighted by Crippen LogP contribution is -2.23. The standard InChI is InChI=1S/C31H34N8/c1-4-21(14-32-15-22-8-6-7-9-22)12-23(5-2)25-10-11-26-30(36-25)31(38-37-26)27-13-24-28(35-27)16-33-17-29(24)39-18-20(3)34-19-39/h4-5,10-13,16-19,22,32,35H,1,6-9,14-15H2,2-3H3,(H,37,38)/b21-12+,23-5+. The van der Waals surface area contributed by atoms with Crippen LogP contribution in [0.15, 0.2) is 73.5 Å². The largest absolute Gasteiger partial charge is 0.352 e. The van der Waals surface area contributed by atoms with Gasteiger partial charge in [0, 0.05) is 18.1 Å². The Kier molecular flexibility index (Phi) is 6.94. The van der Waals surface area contributed by atoms with Crippen molar-refractivity contribution in [2.75, 3.05) is 13.1 Å². The van der Waals surface area contributed by atoms with Crippen molar-refractivity contribution in [3.05, 3.63) is 84.9 Å². The first-order chi connectivity index (χ1) is 19.1. The second kappa shape index (κ2) is 10.8. The average Bonchev–Trinajstić information content (AvgIpc) is 3.76. The van der Waals surface area contributed by atoms with Gasteiger partial charge in [-0.2, -0.15) is 5.10 Å². The first-order valence-corrected chi connectivity index (χ1v) is 13.7. The highest BCUT2D eigenvalue weighted by atomic mass is 15.1. The first-order valence-electron chi connectivity index (χ1n) is 13.7. The van der Waals surface area contributed by atoms with E-state index >= 15 is 0 Å². The Labute approximate surface area is 228 Å². The summed E-state index contributed by atoms with van der Waals surface area (Å²) in [6, 6.07) is 6.19. The number of nitrogens with zero attached hydrogens (tertiary/aromatic N) is 5. The number of rotatable bonds is 9. The van der Waals surface area contributed by atoms with Gasteiger partial charge in [0.15, 0.2) is 0 Å². The molecule has 0 amide bonds. The average molecular weight is 519 g/mol. The Morgan fingerprint density at radius 2 is 2.08 bits per heavy atom. The van der Waals surface area contributed by atoms with Gasteiger partial charge >= 0.3 is 0 Å². The normalized spacial score (nSPS) is 15.1. The van der Waals surface area contributed by atoms with E-state index in [1.165, 1.54) is 25.7 Å². The lowest BCUT2D eigenvalue weighted by Gasteiger charge is -2.11. The predicted octanol–water partition coefficient (Wildman–Crippen LogP) is 6.29. The molecule has 0 saturated heterocycles. The fourth-order valence-corrected chi connectivity index (χ4v) is 5.49. The van der Waals surface area contributed by atoms with Crippen molar-refractivity contribution in [3.8, 4) is 17.1 Å². The van der Waals surface area contributed by atoms with Crippen LogP contribution in [0, 0.1) is 12.8 Å². The zero-order valence-corrected chi connectivity index (χ0v) is 22.5. The van der Waals surface area contributed by atoms with Crippen LogP contribution in [0.2, 0.25) is 0 Å². The van der Waals surface area contributed by atoms with Gasteiger partial charge in [0.05, 0.1) is 52.5 Å². The van der Waals surface area contributed by atoms with Crippen LogP contribution in [0.4, 0.5) is 0 Å². The minimum Gasteiger partial charge on any atom is -0.352 e. The Morgan fingerprint density at radius 3 is 2.85 bits per heavy atom. The van der Waals surface area contributed by atoms with Gasteiger partial charge in [-0.05, 0) is 74.6 Å². The molecule has 1 saturated carbocycles. The van der Waals surface area contributed by atoms with Crippen molar-refractivity contribution < 1.29 is 0 Å². The molecule has 1 aliphatic rings. The lowest BCUT2D eigenvalue weighted by atomic mass is 10.1. The molecular formula is C31H34N8. The van der Waals surface area contributed by atoms with Gasteiger partial charge in [0.25, 0.3) is 0 Å². The molecule has 0 aliphatic heterocycles. The third-order valence-electron chi connectivity index (χ3n) is 7.62. The molecule has 8 nitrogen and oxygen atoms in total. The molecular weight excluding hydrogens is 484 g/mol. The molecule has 1 aliphatic carbocycles. The maximum absolute atomic E-state index is 5.06. The first kappa shape index (κ1) is 25.0. The van der Waals surface area contributed by atoms with Crippen LogP contribution < -0.4 is 5.32 Å². The highest BCUT2D eigenvalue weighted by Crippen LogP contribution is 2.31. The molecule has 0 bridgehead atoms. The second-order valence-electron chi connectivity index (χ2n) is 10.3. The number of pyridine rings is 2. The molecule has 6 rings (SSSR count). The van der Waals surface area contributed by atoms with Crippen LogP contribution in [0.5, 0.6) is 0 Å². The fraction of sp³-hybridized carbons (Fsp3) is 0.290. The van der Waals surface area contributed by atoms with Gasteiger partial charge in [0.2, 0.25) is 0 Å². The van der Waals surface area contributed by atoms with Crippen LogP contribution in [0.3, 0.4) is 0 Å². The van der Waals surface area contributed by atoms with Crippen molar-refractivity contribution in [3.63, 3.8) is 0 Å². The summed E-state index contributed by atoms with van der Waals surface area (Å²) in [7, 11) is 0. The van der Waals surface area contributed by atoms with Gasteiger partial charge in [-0.1, -0.05) is 31.6 Å². The molecule has 198 valence electrons. The Bertz CT molecular complexity index is 1690. The van der Waals surface area contributed by atoms with Crippen LogP contribution in [-0.4, -0.2) is 47.8 Å². The van der Waals surface area contributed by atoms with Gasteiger partial charge in [0.1, 0.15) is 11.2 Å². The van der Waals surface area contributed by atoms with E-state index in [0.717, 1.165) is 80.6 Å². The summed E-state index contributed by atoms with van der Waals surface area (Å²) < 4.78 is 1.99. The third-order valence-corrected chi connectivity index (χ3v) is 7.62. The van der Waals surface area contributed by atoms with Gasteiger partial charge in [-0.25, -0.2) is 9.97 Å². The minimum atomic E-state index is 0.775. The number of aryl methyl sites for hydroxylation is 1. The highest BCUT2D eigenvalue weighted by Gasteiger charge is 2.17. The summed E-state index contributed by atoms with van der Waals surface area (Å²) in [4.78, 5) is 17.3. The van der Waals surface area contributed by atoms with Crippen molar-refractivity contribution in [2.24, 2.45) is 5.92 Å². The summed E-state index contributed by atoms with van der Waals surface area (Å²) in [5, 5.41) is 12.4. The summed E-state index contributed by atoms with van der Waals surface area (Å²) in [5.74, 6) is 0.807. The molecule has 0 atom stereocenters. The SMILES string of the molecule is C=C/C(=C\C(=C/C)c1ccc2[nH]nc(-c3cc4c(-n5cnc(C)c5)cncc4[nH]3)c2n1)CNCC1CCCC1. The van der Waals surface area contributed by atoms with Gasteiger partial charge < -0.3 is 14.9 Å². The number of aromatic nitrogens is 7. The molecule has 0 radical (unpaired) electrons. The molecule has 1 fully saturated rings. The quantitative estimate of drug-likeness (QED) is 0.199. The van der Waals surface area contributed by atoms with E-state index in [9.17, 15) is 0 Å². The monoisotopic (exact) mass is 518 g/mol. The second-order valence-corrected chi connectivity index (χ2v) is 10.3. The molecule has 0 unspecified atom stereocenters. The third kappa shape index (κ3) is 5.07. The molecule has 5 heterocycles. The molecule has 8 heteroatoms. The van der Waals surface area contributed by atoms with Crippen molar-refractivity contribution in [1.29, 1.82) is 0 Å². The zero-order valence-electron chi connectivity index (χ0n) is 22.5. The van der Waals surface area contributed by atoms with E-state index < -0.39 is 0 Å². The van der Waals surface area contributed by atoms with E-state index in [0.29, 0.717) is 0 Å². The summed E-state index contributed by atoms with van der Waals surface area (Å²) >= 11 is 0. The number of allylic oxidation sites excluding steroid dienone is 3. The van der Waals surface area contributed by atoms with Gasteiger partial charge in [-0.15, -0.1) is 0 Å². The van der Waals surface area contributed by atoms with E-state index in [2.05, 4.69) is 55.3 Å². The number of nitrogens with one attached hydrogen (secondary N) is 3. The van der Waals surface area contributed by atoms with Crippen LogP contribution >= 0.6 is 0 Å². The maximum atomic E-state index is 5.06. The van der Waals surface area contributed by atoms with E-state index in [1.54, 1.807) is 0 Å². The van der Waals surface area contributed by atoms with Crippen LogP contribution in [-0.2, 0) is 0 Å². The van der Waals surface area contributed by atoms with Gasteiger partial charge in [-0.3, -0.25) is 10.1 Å². The lowest BCUT2D eigenvalue weighted by molar-refractivity contribution is 0.503. The summed E-state index contributed by atoms with van der Waals surface area (Å²) in [6.07, 6.45) is 19.1. The van der Waals surface area contributed by atoms with E-state index in [-0.39, 0.29) is 0 Å². The molecule has 3 N–H and O–H groups in total. The number of imidazole rings is 1. The topological polar surface area (TPSA) is 100 Å². The Morgan fingerprint density at radius 1 is 1.21 bits per heavy atom. The Balaban J connectivity index is 1.30. The van der Waals surface area contributed by atoms with Crippen molar-refractivity contribution in [2.45, 2.75) is 39.5 Å². The molecule has 5 aromatic heterocycles. The van der Waals surface area contributed by atoms with Crippen molar-refractivity contribution >= 4 is 27.5 Å². The number of hydrogen-bond acceptors (Lipinski definition) is 5. The zero-order chi connectivity index (χ0) is 26.8. The number of H-pyrrole nitrogens is 2. The number of fused-ring (bicyclic) bond motifs is 2. The summed E-state index contributed by atoms with van der Waals surface area (Å²) in [6.45, 7) is 9.95. The van der Waals surface area contributed by atoms with Crippen LogP contribution in [0.25, 0.3) is 44.6 Å². The maximum Gasteiger partial charge on any atom is 0.135 e. The smallest absolute Gasteiger partial charge is 0.135 e. The molecule has 5 aromatic rings. The highest BCUT2D eigenvalue weighted by molar-refractivity contribution is 5.96. The predicted molar refractivity (Wildman–Crippen MR) is 158 cm³/mol. The number of hydrogen-bond donors (Lipinski definition) is 3. The van der Waals surface area contributed by atoms with E-state index in [1.807, 2.05) is 61.5 Å². The Hall–Kier alpha value is -4.30. The van der Waals surface area contributed by atoms with Crippen molar-refractivity contribution in [1.82, 2.24) is 40.0 Å². The number of aromatic amines is 2. The minimum absolute atomic E-state index is 0.775. The molecule has 0 spiro atoms. The fourth-order valence-electron chi connectivity index (χ4n) is 5.49. The molecule has 0 aromatic carbocycles. The van der Waals surface area contributed by atoms with E-state index in [4.69, 9.17) is 4.98 Å². The summed E-state index contributed by atoms with van der Waals surface area (Å²) in [5.41, 5.74) is 9.32. The van der Waals surface area contributed by atoms with Crippen LogP contribution in [0.1, 0.15) is 44.0 Å².